The Morgan fingerprint density at radius 1 is 0.846 bits per heavy atom. The summed E-state index contributed by atoms with van der Waals surface area (Å²) in [5.74, 6) is 1.67. The highest BCUT2D eigenvalue weighted by atomic mass is 16.5. The van der Waals surface area contributed by atoms with E-state index in [2.05, 4.69) is 55.5 Å². The minimum Gasteiger partial charge on any atom is -0.493 e. The molecule has 1 nitrogen and oxygen atoms in total. The molecule has 26 heavy (non-hydrogen) atoms. The van der Waals surface area contributed by atoms with E-state index in [4.69, 9.17) is 4.74 Å². The number of hydrogen-bond donors (Lipinski definition) is 0. The van der Waals surface area contributed by atoms with E-state index in [-0.39, 0.29) is 0 Å². The summed E-state index contributed by atoms with van der Waals surface area (Å²) in [6.45, 7) is 3.11. The number of fused-ring (bicyclic) bond motifs is 1. The van der Waals surface area contributed by atoms with Crippen molar-refractivity contribution in [2.45, 2.75) is 71.1 Å². The van der Waals surface area contributed by atoms with Crippen LogP contribution in [0.5, 0.6) is 5.75 Å². The zero-order valence-electron chi connectivity index (χ0n) is 16.4. The number of ether oxygens (including phenoxy) is 1. The molecule has 2 aromatic rings. The van der Waals surface area contributed by atoms with Gasteiger partial charge in [-0.15, -0.1) is 0 Å². The summed E-state index contributed by atoms with van der Waals surface area (Å²) < 4.78 is 6.09. The van der Waals surface area contributed by atoms with Crippen LogP contribution < -0.4 is 4.74 Å². The summed E-state index contributed by atoms with van der Waals surface area (Å²) in [4.78, 5) is 0. The highest BCUT2D eigenvalue weighted by Gasteiger charge is 2.18. The van der Waals surface area contributed by atoms with Crippen LogP contribution in [0.3, 0.4) is 0 Å². The summed E-state index contributed by atoms with van der Waals surface area (Å²) in [5, 5.41) is 0. The molecule has 1 heteroatoms. The molecule has 1 aliphatic carbocycles. The predicted octanol–water partition coefficient (Wildman–Crippen LogP) is 6.77. The molecule has 0 fully saturated rings. The maximum Gasteiger partial charge on any atom is 0.119 e. The fourth-order valence-corrected chi connectivity index (χ4v) is 3.99. The Labute approximate surface area is 159 Å². The smallest absolute Gasteiger partial charge is 0.119 e. The lowest BCUT2D eigenvalue weighted by atomic mass is 9.84. The lowest BCUT2D eigenvalue weighted by Gasteiger charge is -2.24. The quantitative estimate of drug-likeness (QED) is 0.429. The molecule has 0 aliphatic heterocycles. The Balaban J connectivity index is 1.37. The summed E-state index contributed by atoms with van der Waals surface area (Å²) in [5.41, 5.74) is 4.49. The third kappa shape index (κ3) is 5.90. The topological polar surface area (TPSA) is 9.23 Å². The van der Waals surface area contributed by atoms with Crippen LogP contribution in [0.4, 0.5) is 0 Å². The first kappa shape index (κ1) is 19.0. The van der Waals surface area contributed by atoms with Gasteiger partial charge in [0.05, 0.1) is 6.61 Å². The Morgan fingerprint density at radius 2 is 1.58 bits per heavy atom. The van der Waals surface area contributed by atoms with Crippen LogP contribution in [0.1, 0.15) is 68.6 Å². The fraction of sp³-hybridized carbons (Fsp3) is 0.520. The van der Waals surface area contributed by atoms with Gasteiger partial charge in [-0.05, 0) is 66.8 Å². The number of unbranched alkanes of at least 4 members (excludes halogenated alkanes) is 5. The zero-order chi connectivity index (χ0) is 18.0. The van der Waals surface area contributed by atoms with Crippen molar-refractivity contribution in [1.82, 2.24) is 0 Å². The van der Waals surface area contributed by atoms with Crippen molar-refractivity contribution in [3.8, 4) is 5.75 Å². The van der Waals surface area contributed by atoms with Crippen molar-refractivity contribution >= 4 is 0 Å². The minimum absolute atomic E-state index is 0.646. The van der Waals surface area contributed by atoms with Gasteiger partial charge in [-0.2, -0.15) is 0 Å². The van der Waals surface area contributed by atoms with E-state index in [1.54, 1.807) is 0 Å². The normalized spacial score (nSPS) is 16.3. The summed E-state index contributed by atoms with van der Waals surface area (Å²) in [6.07, 6.45) is 13.0. The largest absolute Gasteiger partial charge is 0.493 e. The summed E-state index contributed by atoms with van der Waals surface area (Å²) in [7, 11) is 0. The number of aryl methyl sites for hydroxylation is 2. The average molecular weight is 351 g/mol. The van der Waals surface area contributed by atoms with Crippen LogP contribution in [0, 0.1) is 5.92 Å². The molecular formula is C25H34O. The van der Waals surface area contributed by atoms with E-state index in [0.29, 0.717) is 5.92 Å². The van der Waals surface area contributed by atoms with Gasteiger partial charge in [0.25, 0.3) is 0 Å². The van der Waals surface area contributed by atoms with Gasteiger partial charge in [0, 0.05) is 0 Å². The van der Waals surface area contributed by atoms with Crippen molar-refractivity contribution in [1.29, 1.82) is 0 Å². The Morgan fingerprint density at radius 3 is 2.38 bits per heavy atom. The van der Waals surface area contributed by atoms with Crippen molar-refractivity contribution in [3.63, 3.8) is 0 Å². The van der Waals surface area contributed by atoms with Gasteiger partial charge in [-0.25, -0.2) is 0 Å². The maximum absolute atomic E-state index is 6.09. The molecule has 0 saturated carbocycles. The maximum atomic E-state index is 6.09. The van der Waals surface area contributed by atoms with Crippen molar-refractivity contribution < 1.29 is 4.74 Å². The second kappa shape index (κ2) is 10.4. The molecule has 0 saturated heterocycles. The Bertz CT molecular complexity index is 643. The molecule has 0 radical (unpaired) electrons. The van der Waals surface area contributed by atoms with Gasteiger partial charge in [0.15, 0.2) is 0 Å². The van der Waals surface area contributed by atoms with Gasteiger partial charge in [0.2, 0.25) is 0 Å². The lowest BCUT2D eigenvalue weighted by molar-refractivity contribution is 0.234. The molecule has 0 amide bonds. The molecule has 1 aliphatic rings. The summed E-state index contributed by atoms with van der Waals surface area (Å²) >= 11 is 0. The molecule has 1 atom stereocenters. The van der Waals surface area contributed by atoms with Gasteiger partial charge in [-0.1, -0.05) is 75.4 Å². The molecule has 0 heterocycles. The second-order valence-corrected chi connectivity index (χ2v) is 7.85. The molecule has 140 valence electrons. The molecule has 3 rings (SSSR count). The summed E-state index contributed by atoms with van der Waals surface area (Å²) in [6, 6.07) is 17.7. The molecule has 2 aromatic carbocycles. The molecular weight excluding hydrogens is 316 g/mol. The SMILES string of the molecule is CCCCCCCCc1ccc(OCC2CCc3ccccc3C2)cc1. The third-order valence-corrected chi connectivity index (χ3v) is 5.68. The van der Waals surface area contributed by atoms with Crippen LogP contribution >= 0.6 is 0 Å². The van der Waals surface area contributed by atoms with Gasteiger partial charge < -0.3 is 4.74 Å². The highest BCUT2D eigenvalue weighted by molar-refractivity contribution is 5.30. The fourth-order valence-electron chi connectivity index (χ4n) is 3.99. The first-order chi connectivity index (χ1) is 12.8. The zero-order valence-corrected chi connectivity index (χ0v) is 16.4. The first-order valence-corrected chi connectivity index (χ1v) is 10.6. The Kier molecular flexibility index (Phi) is 7.61. The number of hydrogen-bond acceptors (Lipinski definition) is 1. The standard InChI is InChI=1S/C25H34O/c1-2-3-4-5-6-7-10-21-14-17-25(18-15-21)26-20-22-13-16-23-11-8-9-12-24(23)19-22/h8-9,11-12,14-15,17-18,22H,2-7,10,13,16,19-20H2,1H3. The second-order valence-electron chi connectivity index (χ2n) is 7.85. The lowest BCUT2D eigenvalue weighted by Crippen LogP contribution is -2.20. The van der Waals surface area contributed by atoms with Crippen molar-refractivity contribution in [3.05, 3.63) is 65.2 Å². The van der Waals surface area contributed by atoms with E-state index in [1.165, 1.54) is 74.5 Å². The molecule has 0 N–H and O–H groups in total. The van der Waals surface area contributed by atoms with Gasteiger partial charge in [0.1, 0.15) is 5.75 Å². The van der Waals surface area contributed by atoms with Crippen LogP contribution in [-0.4, -0.2) is 6.61 Å². The average Bonchev–Trinajstić information content (AvgIpc) is 2.70. The van der Waals surface area contributed by atoms with E-state index in [0.717, 1.165) is 18.8 Å². The van der Waals surface area contributed by atoms with Crippen LogP contribution in [0.25, 0.3) is 0 Å². The van der Waals surface area contributed by atoms with E-state index in [9.17, 15) is 0 Å². The van der Waals surface area contributed by atoms with Crippen LogP contribution in [-0.2, 0) is 19.3 Å². The van der Waals surface area contributed by atoms with Gasteiger partial charge >= 0.3 is 0 Å². The number of rotatable bonds is 10. The molecule has 0 spiro atoms. The third-order valence-electron chi connectivity index (χ3n) is 5.68. The van der Waals surface area contributed by atoms with Crippen LogP contribution in [0.15, 0.2) is 48.5 Å². The van der Waals surface area contributed by atoms with Crippen molar-refractivity contribution in [2.75, 3.05) is 6.61 Å². The van der Waals surface area contributed by atoms with E-state index < -0.39 is 0 Å². The monoisotopic (exact) mass is 350 g/mol. The van der Waals surface area contributed by atoms with Gasteiger partial charge in [-0.3, -0.25) is 0 Å². The molecule has 0 bridgehead atoms. The Hall–Kier alpha value is -1.76. The molecule has 0 aromatic heterocycles. The predicted molar refractivity (Wildman–Crippen MR) is 111 cm³/mol. The van der Waals surface area contributed by atoms with Crippen molar-refractivity contribution in [2.24, 2.45) is 5.92 Å². The van der Waals surface area contributed by atoms with E-state index >= 15 is 0 Å². The van der Waals surface area contributed by atoms with Crippen LogP contribution in [0.2, 0.25) is 0 Å². The molecule has 1 unspecified atom stereocenters. The van der Waals surface area contributed by atoms with E-state index in [1.807, 2.05) is 0 Å². The number of benzene rings is 2. The highest BCUT2D eigenvalue weighted by Crippen LogP contribution is 2.26. The minimum atomic E-state index is 0.646. The first-order valence-electron chi connectivity index (χ1n) is 10.6.